The van der Waals surface area contributed by atoms with Crippen molar-refractivity contribution in [2.75, 3.05) is 13.1 Å². The first kappa shape index (κ1) is 15.9. The van der Waals surface area contributed by atoms with Crippen LogP contribution in [0.5, 0.6) is 0 Å². The molecule has 2 unspecified atom stereocenters. The van der Waals surface area contributed by atoms with E-state index in [9.17, 15) is 4.79 Å². The van der Waals surface area contributed by atoms with Crippen LogP contribution < -0.4 is 10.6 Å². The highest BCUT2D eigenvalue weighted by Crippen LogP contribution is 2.24. The summed E-state index contributed by atoms with van der Waals surface area (Å²) in [6, 6.07) is 9.79. The lowest BCUT2D eigenvalue weighted by Gasteiger charge is -2.23. The fourth-order valence-corrected chi connectivity index (χ4v) is 2.69. The fraction of sp³-hybridized carbons (Fsp3) is 0.438. The number of amides is 1. The Labute approximate surface area is 130 Å². The Bertz CT molecular complexity index is 572. The molecule has 3 rings (SSSR count). The average Bonchev–Trinajstić information content (AvgIpc) is 2.92. The normalized spacial score (nSPS) is 19.8. The summed E-state index contributed by atoms with van der Waals surface area (Å²) in [7, 11) is 0. The first-order chi connectivity index (χ1) is 9.74. The summed E-state index contributed by atoms with van der Waals surface area (Å²) in [5.74, 6) is 1.00. The van der Waals surface area contributed by atoms with Crippen LogP contribution >= 0.6 is 12.4 Å². The maximum absolute atomic E-state index is 12.2. The van der Waals surface area contributed by atoms with Crippen molar-refractivity contribution in [3.63, 3.8) is 0 Å². The van der Waals surface area contributed by atoms with Gasteiger partial charge in [-0.15, -0.1) is 12.4 Å². The number of benzene rings is 1. The van der Waals surface area contributed by atoms with Gasteiger partial charge in [0.25, 0.3) is 0 Å². The van der Waals surface area contributed by atoms with Crippen LogP contribution in [0.2, 0.25) is 0 Å². The van der Waals surface area contributed by atoms with Gasteiger partial charge in [-0.05, 0) is 38.4 Å². The molecule has 2 N–H and O–H groups in total. The van der Waals surface area contributed by atoms with Crippen molar-refractivity contribution in [1.82, 2.24) is 10.6 Å². The second-order valence-electron chi connectivity index (χ2n) is 5.46. The molecule has 4 nitrogen and oxygen atoms in total. The molecular weight excluding hydrogens is 288 g/mol. The summed E-state index contributed by atoms with van der Waals surface area (Å²) < 4.78 is 5.79. The van der Waals surface area contributed by atoms with Crippen LogP contribution in [0.15, 0.2) is 34.7 Å². The number of para-hydroxylation sites is 1. The minimum atomic E-state index is -0.100. The number of rotatable bonds is 3. The number of hydrogen-bond acceptors (Lipinski definition) is 3. The summed E-state index contributed by atoms with van der Waals surface area (Å²) in [4.78, 5) is 12.2. The molecule has 1 amide bonds. The average molecular weight is 309 g/mol. The molecule has 0 radical (unpaired) electrons. The van der Waals surface area contributed by atoms with E-state index in [1.165, 1.54) is 0 Å². The zero-order valence-corrected chi connectivity index (χ0v) is 12.9. The maximum Gasteiger partial charge on any atom is 0.224 e. The minimum Gasteiger partial charge on any atom is -0.459 e. The summed E-state index contributed by atoms with van der Waals surface area (Å²) in [5, 5.41) is 7.39. The van der Waals surface area contributed by atoms with Crippen molar-refractivity contribution in [2.24, 2.45) is 5.92 Å². The summed E-state index contributed by atoms with van der Waals surface area (Å²) in [6.45, 7) is 3.76. The first-order valence-corrected chi connectivity index (χ1v) is 7.23. The van der Waals surface area contributed by atoms with Gasteiger partial charge < -0.3 is 15.1 Å². The zero-order valence-electron chi connectivity index (χ0n) is 12.1. The molecule has 0 aliphatic carbocycles. The number of hydrogen-bond donors (Lipinski definition) is 2. The van der Waals surface area contributed by atoms with Crippen LogP contribution in [0.3, 0.4) is 0 Å². The van der Waals surface area contributed by atoms with Gasteiger partial charge >= 0.3 is 0 Å². The molecule has 1 saturated heterocycles. The van der Waals surface area contributed by atoms with Gasteiger partial charge in [0.05, 0.1) is 12.0 Å². The van der Waals surface area contributed by atoms with Gasteiger partial charge in [-0.2, -0.15) is 0 Å². The predicted octanol–water partition coefficient (Wildman–Crippen LogP) is 3.03. The smallest absolute Gasteiger partial charge is 0.224 e. The maximum atomic E-state index is 12.2. The molecule has 2 atom stereocenters. The Morgan fingerprint density at radius 2 is 2.24 bits per heavy atom. The van der Waals surface area contributed by atoms with Crippen molar-refractivity contribution >= 4 is 29.3 Å². The third kappa shape index (κ3) is 3.57. The molecule has 1 fully saturated rings. The highest BCUT2D eigenvalue weighted by Gasteiger charge is 2.23. The van der Waals surface area contributed by atoms with Crippen LogP contribution in [0.1, 0.15) is 31.6 Å². The van der Waals surface area contributed by atoms with Crippen LogP contribution in [-0.4, -0.2) is 19.0 Å². The molecule has 5 heteroatoms. The molecule has 2 aromatic rings. The molecule has 0 spiro atoms. The Kier molecular flexibility index (Phi) is 5.26. The molecule has 21 heavy (non-hydrogen) atoms. The van der Waals surface area contributed by atoms with Crippen molar-refractivity contribution in [1.29, 1.82) is 0 Å². The number of piperidine rings is 1. The second-order valence-corrected chi connectivity index (χ2v) is 5.46. The van der Waals surface area contributed by atoms with Crippen LogP contribution in [0.4, 0.5) is 0 Å². The second kappa shape index (κ2) is 6.96. The number of carbonyl (C=O) groups is 1. The zero-order chi connectivity index (χ0) is 13.9. The van der Waals surface area contributed by atoms with Gasteiger partial charge in [0.1, 0.15) is 11.3 Å². The predicted molar refractivity (Wildman–Crippen MR) is 85.6 cm³/mol. The first-order valence-electron chi connectivity index (χ1n) is 7.23. The number of nitrogens with one attached hydrogen (secondary N) is 2. The summed E-state index contributed by atoms with van der Waals surface area (Å²) in [6.07, 6.45) is 2.03. The molecule has 1 aliphatic rings. The molecule has 0 saturated carbocycles. The quantitative estimate of drug-likeness (QED) is 0.916. The molecule has 1 aliphatic heterocycles. The van der Waals surface area contributed by atoms with Gasteiger partial charge in [-0.3, -0.25) is 4.79 Å². The standard InChI is InChI=1S/C16H20N2O2.ClH/c1-11(18-16(19)13-6-4-8-17-10-13)15-9-12-5-2-3-7-14(12)20-15;/h2-3,5,7,9,11,13,17H,4,6,8,10H2,1H3,(H,18,19);1H. The highest BCUT2D eigenvalue weighted by atomic mass is 35.5. The Morgan fingerprint density at radius 1 is 1.43 bits per heavy atom. The molecule has 2 heterocycles. The Morgan fingerprint density at radius 3 is 2.95 bits per heavy atom. The van der Waals surface area contributed by atoms with E-state index in [1.54, 1.807) is 0 Å². The van der Waals surface area contributed by atoms with Gasteiger partial charge in [-0.25, -0.2) is 0 Å². The van der Waals surface area contributed by atoms with Crippen molar-refractivity contribution in [3.8, 4) is 0 Å². The van der Waals surface area contributed by atoms with Crippen LogP contribution in [-0.2, 0) is 4.79 Å². The fourth-order valence-electron chi connectivity index (χ4n) is 2.69. The van der Waals surface area contributed by atoms with Gasteiger partial charge in [-0.1, -0.05) is 18.2 Å². The molecule has 1 aromatic heterocycles. The third-order valence-corrected chi connectivity index (χ3v) is 3.90. The van der Waals surface area contributed by atoms with E-state index in [0.29, 0.717) is 0 Å². The highest BCUT2D eigenvalue weighted by molar-refractivity contribution is 5.85. The van der Waals surface area contributed by atoms with E-state index in [2.05, 4.69) is 10.6 Å². The van der Waals surface area contributed by atoms with E-state index >= 15 is 0 Å². The lowest BCUT2D eigenvalue weighted by molar-refractivity contribution is -0.126. The summed E-state index contributed by atoms with van der Waals surface area (Å²) >= 11 is 0. The number of halogens is 1. The van der Waals surface area contributed by atoms with Crippen molar-refractivity contribution in [3.05, 3.63) is 36.1 Å². The van der Waals surface area contributed by atoms with E-state index in [4.69, 9.17) is 4.42 Å². The van der Waals surface area contributed by atoms with Crippen LogP contribution in [0.25, 0.3) is 11.0 Å². The third-order valence-electron chi connectivity index (χ3n) is 3.90. The van der Waals surface area contributed by atoms with E-state index < -0.39 is 0 Å². The van der Waals surface area contributed by atoms with Gasteiger partial charge in [0.15, 0.2) is 0 Å². The van der Waals surface area contributed by atoms with Gasteiger partial charge in [0.2, 0.25) is 5.91 Å². The number of furan rings is 1. The molecule has 114 valence electrons. The van der Waals surface area contributed by atoms with E-state index in [-0.39, 0.29) is 30.3 Å². The Balaban J connectivity index is 0.00000161. The lowest BCUT2D eigenvalue weighted by atomic mass is 9.98. The summed E-state index contributed by atoms with van der Waals surface area (Å²) in [5.41, 5.74) is 0.864. The largest absolute Gasteiger partial charge is 0.459 e. The van der Waals surface area contributed by atoms with E-state index in [1.807, 2.05) is 37.3 Å². The topological polar surface area (TPSA) is 54.3 Å². The molecule has 1 aromatic carbocycles. The minimum absolute atomic E-state index is 0. The van der Waals surface area contributed by atoms with Crippen LogP contribution in [0, 0.1) is 5.92 Å². The number of carbonyl (C=O) groups excluding carboxylic acids is 1. The van der Waals surface area contributed by atoms with Crippen molar-refractivity contribution in [2.45, 2.75) is 25.8 Å². The van der Waals surface area contributed by atoms with E-state index in [0.717, 1.165) is 42.7 Å². The monoisotopic (exact) mass is 308 g/mol. The van der Waals surface area contributed by atoms with Crippen molar-refractivity contribution < 1.29 is 9.21 Å². The molecule has 0 bridgehead atoms. The number of fused-ring (bicyclic) bond motifs is 1. The molecular formula is C16H21ClN2O2. The SMILES string of the molecule is CC(NC(=O)C1CCCNC1)c1cc2ccccc2o1.Cl. The lowest BCUT2D eigenvalue weighted by Crippen LogP contribution is -2.41. The van der Waals surface area contributed by atoms with Gasteiger partial charge in [0, 0.05) is 11.9 Å². The Hall–Kier alpha value is -1.52.